The molecule has 1 aliphatic rings. The van der Waals surface area contributed by atoms with Crippen molar-refractivity contribution >= 4 is 17.4 Å². The third-order valence-electron chi connectivity index (χ3n) is 5.54. The summed E-state index contributed by atoms with van der Waals surface area (Å²) in [4.78, 5) is 29.5. The van der Waals surface area contributed by atoms with Gasteiger partial charge in [-0.05, 0) is 89.3 Å². The number of hydrogen-bond donors (Lipinski definition) is 2. The molecule has 0 spiro atoms. The molecule has 1 saturated heterocycles. The van der Waals surface area contributed by atoms with E-state index < -0.39 is 17.7 Å². The fraction of sp³-hybridized carbons (Fsp3) is 0.385. The number of aliphatic hydroxyl groups excluding tert-OH is 1. The number of benzene rings is 2. The van der Waals surface area contributed by atoms with Crippen molar-refractivity contribution in [2.45, 2.75) is 39.3 Å². The largest absolute Gasteiger partial charge is 0.508 e. The van der Waals surface area contributed by atoms with Crippen LogP contribution in [-0.4, -0.2) is 65.0 Å². The summed E-state index contributed by atoms with van der Waals surface area (Å²) in [5.74, 6) is -0.908. The fourth-order valence-electron chi connectivity index (χ4n) is 4.05. The molecule has 1 amide bonds. The Bertz CT molecular complexity index is 1070. The first-order valence-corrected chi connectivity index (χ1v) is 11.1. The summed E-state index contributed by atoms with van der Waals surface area (Å²) in [5.41, 5.74) is 1.83. The molecule has 176 valence electrons. The van der Waals surface area contributed by atoms with Gasteiger partial charge < -0.3 is 24.7 Å². The molecule has 3 rings (SSSR count). The van der Waals surface area contributed by atoms with Gasteiger partial charge in [-0.1, -0.05) is 12.1 Å². The van der Waals surface area contributed by atoms with Crippen LogP contribution < -0.4 is 4.74 Å². The van der Waals surface area contributed by atoms with Crippen molar-refractivity contribution < 1.29 is 24.5 Å². The average molecular weight is 453 g/mol. The second kappa shape index (κ2) is 10.1. The number of ketones is 1. The Balaban J connectivity index is 2.08. The minimum Gasteiger partial charge on any atom is -0.508 e. The highest BCUT2D eigenvalue weighted by atomic mass is 16.5. The van der Waals surface area contributed by atoms with Crippen LogP contribution in [0.15, 0.2) is 48.0 Å². The molecule has 0 aliphatic carbocycles. The minimum absolute atomic E-state index is 0.00129. The molecular formula is C26H32N2O5. The molecule has 2 aromatic rings. The number of likely N-dealkylation sites (tertiary alicyclic amines) is 1. The van der Waals surface area contributed by atoms with Crippen molar-refractivity contribution in [3.63, 3.8) is 0 Å². The van der Waals surface area contributed by atoms with Crippen LogP contribution in [-0.2, 0) is 9.59 Å². The molecule has 1 atom stereocenters. The molecule has 0 saturated carbocycles. The number of aliphatic hydroxyl groups is 1. The number of ether oxygens (including phenoxy) is 1. The van der Waals surface area contributed by atoms with Crippen LogP contribution in [0.5, 0.6) is 11.5 Å². The Morgan fingerprint density at radius 1 is 1.15 bits per heavy atom. The zero-order valence-corrected chi connectivity index (χ0v) is 19.8. The van der Waals surface area contributed by atoms with Gasteiger partial charge in [-0.25, -0.2) is 0 Å². The van der Waals surface area contributed by atoms with Gasteiger partial charge in [0.25, 0.3) is 11.7 Å². The van der Waals surface area contributed by atoms with E-state index in [-0.39, 0.29) is 23.2 Å². The lowest BCUT2D eigenvalue weighted by Gasteiger charge is -2.26. The van der Waals surface area contributed by atoms with Crippen molar-refractivity contribution in [3.05, 3.63) is 64.7 Å². The van der Waals surface area contributed by atoms with E-state index in [1.807, 2.05) is 39.8 Å². The first-order chi connectivity index (χ1) is 15.6. The first kappa shape index (κ1) is 24.3. The predicted molar refractivity (Wildman–Crippen MR) is 127 cm³/mol. The van der Waals surface area contributed by atoms with Gasteiger partial charge in [0.1, 0.15) is 17.3 Å². The molecule has 0 radical (unpaired) electrons. The summed E-state index contributed by atoms with van der Waals surface area (Å²) in [6.07, 6.45) is 0.664. The number of amides is 1. The number of phenols is 1. The Hall–Kier alpha value is -3.32. The normalized spacial score (nSPS) is 17.9. The Morgan fingerprint density at radius 3 is 2.48 bits per heavy atom. The lowest BCUT2D eigenvalue weighted by molar-refractivity contribution is -0.139. The summed E-state index contributed by atoms with van der Waals surface area (Å²) in [5, 5.41) is 21.2. The van der Waals surface area contributed by atoms with Crippen LogP contribution in [0.2, 0.25) is 0 Å². The summed E-state index contributed by atoms with van der Waals surface area (Å²) in [6.45, 7) is 6.81. The number of nitrogens with zero attached hydrogens (tertiary/aromatic N) is 2. The van der Waals surface area contributed by atoms with Crippen LogP contribution in [0, 0.1) is 6.92 Å². The lowest BCUT2D eigenvalue weighted by Crippen LogP contribution is -2.32. The fourth-order valence-corrected chi connectivity index (χ4v) is 4.05. The highest BCUT2D eigenvalue weighted by Crippen LogP contribution is 2.40. The van der Waals surface area contributed by atoms with E-state index in [0.29, 0.717) is 29.8 Å². The first-order valence-electron chi connectivity index (χ1n) is 11.1. The number of Topliss-reactive ketones (excluding diaryl/α,β-unsaturated/α-hetero) is 1. The maximum Gasteiger partial charge on any atom is 0.295 e. The zero-order chi connectivity index (χ0) is 24.3. The highest BCUT2D eigenvalue weighted by Gasteiger charge is 2.45. The molecular weight excluding hydrogens is 420 g/mol. The second-order valence-electron chi connectivity index (χ2n) is 8.89. The Kier molecular flexibility index (Phi) is 7.43. The van der Waals surface area contributed by atoms with Crippen molar-refractivity contribution in [1.82, 2.24) is 9.80 Å². The number of hydrogen-bond acceptors (Lipinski definition) is 6. The number of phenolic OH excluding ortho intramolecular Hbond substituents is 1. The van der Waals surface area contributed by atoms with Gasteiger partial charge in [-0.2, -0.15) is 0 Å². The van der Waals surface area contributed by atoms with E-state index >= 15 is 0 Å². The topological polar surface area (TPSA) is 90.3 Å². The maximum absolute atomic E-state index is 13.1. The monoisotopic (exact) mass is 452 g/mol. The van der Waals surface area contributed by atoms with E-state index in [1.54, 1.807) is 30.3 Å². The molecule has 1 aliphatic heterocycles. The molecule has 2 aromatic carbocycles. The van der Waals surface area contributed by atoms with Crippen molar-refractivity contribution in [2.75, 3.05) is 27.2 Å². The van der Waals surface area contributed by atoms with Crippen LogP contribution >= 0.6 is 0 Å². The predicted octanol–water partition coefficient (Wildman–Crippen LogP) is 3.86. The molecule has 1 fully saturated rings. The number of aromatic hydroxyl groups is 1. The van der Waals surface area contributed by atoms with Crippen LogP contribution in [0.3, 0.4) is 0 Å². The number of rotatable bonds is 8. The van der Waals surface area contributed by atoms with Crippen LogP contribution in [0.4, 0.5) is 0 Å². The summed E-state index contributed by atoms with van der Waals surface area (Å²) in [7, 11) is 3.88. The average Bonchev–Trinajstić information content (AvgIpc) is 2.99. The minimum atomic E-state index is -0.786. The SMILES string of the molecule is Cc1cc(/C(O)=C2/C(=O)C(=O)N(CCCN(C)C)C2c2cccc(O)c2)ccc1OC(C)C. The van der Waals surface area contributed by atoms with Crippen molar-refractivity contribution in [3.8, 4) is 11.5 Å². The molecule has 7 heteroatoms. The summed E-state index contributed by atoms with van der Waals surface area (Å²) >= 11 is 0. The van der Waals surface area contributed by atoms with E-state index in [2.05, 4.69) is 0 Å². The molecule has 0 bridgehead atoms. The second-order valence-corrected chi connectivity index (χ2v) is 8.89. The molecule has 33 heavy (non-hydrogen) atoms. The van der Waals surface area contributed by atoms with Gasteiger partial charge in [0, 0.05) is 12.1 Å². The van der Waals surface area contributed by atoms with Crippen LogP contribution in [0.1, 0.15) is 43.0 Å². The van der Waals surface area contributed by atoms with Crippen molar-refractivity contribution in [2.24, 2.45) is 0 Å². The summed E-state index contributed by atoms with van der Waals surface area (Å²) in [6, 6.07) is 10.8. The van der Waals surface area contributed by atoms with Gasteiger partial charge in [-0.3, -0.25) is 9.59 Å². The third kappa shape index (κ3) is 5.37. The molecule has 7 nitrogen and oxygen atoms in total. The summed E-state index contributed by atoms with van der Waals surface area (Å²) < 4.78 is 5.77. The maximum atomic E-state index is 13.1. The highest BCUT2D eigenvalue weighted by molar-refractivity contribution is 6.46. The van der Waals surface area contributed by atoms with Crippen molar-refractivity contribution in [1.29, 1.82) is 0 Å². The van der Waals surface area contributed by atoms with E-state index in [4.69, 9.17) is 4.74 Å². The van der Waals surface area contributed by atoms with Gasteiger partial charge in [0.15, 0.2) is 0 Å². The van der Waals surface area contributed by atoms with Crippen LogP contribution in [0.25, 0.3) is 5.76 Å². The van der Waals surface area contributed by atoms with E-state index in [1.165, 1.54) is 17.0 Å². The lowest BCUT2D eigenvalue weighted by atomic mass is 9.94. The van der Waals surface area contributed by atoms with Gasteiger partial charge in [0.05, 0.1) is 17.7 Å². The Labute approximate surface area is 194 Å². The van der Waals surface area contributed by atoms with Gasteiger partial charge >= 0.3 is 0 Å². The number of aryl methyl sites for hydroxylation is 1. The van der Waals surface area contributed by atoms with E-state index in [9.17, 15) is 19.8 Å². The molecule has 2 N–H and O–H groups in total. The number of carbonyl (C=O) groups is 2. The quantitative estimate of drug-likeness (QED) is 0.359. The number of carbonyl (C=O) groups excluding carboxylic acids is 2. The van der Waals surface area contributed by atoms with Gasteiger partial charge in [0.2, 0.25) is 0 Å². The van der Waals surface area contributed by atoms with Gasteiger partial charge in [-0.15, -0.1) is 0 Å². The zero-order valence-electron chi connectivity index (χ0n) is 19.8. The molecule has 1 heterocycles. The standard InChI is InChI=1S/C26H32N2O5/c1-16(2)33-21-11-10-19(14-17(21)3)24(30)22-23(18-8-6-9-20(29)15-18)28(26(32)25(22)31)13-7-12-27(4)5/h6,8-11,14-16,23,29-30H,7,12-13H2,1-5H3/b24-22-. The third-order valence-corrected chi connectivity index (χ3v) is 5.54. The smallest absolute Gasteiger partial charge is 0.295 e. The molecule has 0 aromatic heterocycles. The Morgan fingerprint density at radius 2 is 1.88 bits per heavy atom. The van der Waals surface area contributed by atoms with E-state index in [0.717, 1.165) is 12.1 Å². The molecule has 1 unspecified atom stereocenters.